The van der Waals surface area contributed by atoms with Crippen molar-refractivity contribution in [2.24, 2.45) is 0 Å². The molecule has 0 saturated heterocycles. The molecule has 0 spiro atoms. The maximum absolute atomic E-state index is 13.8. The van der Waals surface area contributed by atoms with Crippen LogP contribution in [0.2, 0.25) is 0 Å². The minimum atomic E-state index is -3.92. The number of nitrogen functional groups attached to an aromatic ring is 1. The second-order valence-electron chi connectivity index (χ2n) is 4.37. The highest BCUT2D eigenvalue weighted by molar-refractivity contribution is 9.10. The van der Waals surface area contributed by atoms with Crippen LogP contribution in [0.3, 0.4) is 0 Å². The Morgan fingerprint density at radius 3 is 2.48 bits per heavy atom. The van der Waals surface area contributed by atoms with E-state index in [1.54, 1.807) is 19.1 Å². The summed E-state index contributed by atoms with van der Waals surface area (Å²) in [5.41, 5.74) is 6.37. The molecule has 0 radical (unpaired) electrons. The number of halogens is 3. The van der Waals surface area contributed by atoms with E-state index in [0.717, 1.165) is 0 Å². The molecular formula is C13H11Br2FN2O2S. The zero-order valence-corrected chi connectivity index (χ0v) is 14.8. The molecule has 0 atom stereocenters. The maximum Gasteiger partial charge on any atom is 0.262 e. The summed E-state index contributed by atoms with van der Waals surface area (Å²) in [6, 6.07) is 7.00. The molecule has 21 heavy (non-hydrogen) atoms. The Morgan fingerprint density at radius 2 is 1.86 bits per heavy atom. The molecule has 4 nitrogen and oxygen atoms in total. The van der Waals surface area contributed by atoms with Crippen molar-refractivity contribution < 1.29 is 12.8 Å². The van der Waals surface area contributed by atoms with E-state index < -0.39 is 15.8 Å². The topological polar surface area (TPSA) is 72.2 Å². The van der Waals surface area contributed by atoms with E-state index in [4.69, 9.17) is 5.73 Å². The first kappa shape index (κ1) is 16.3. The molecule has 2 rings (SSSR count). The third-order valence-corrected chi connectivity index (χ3v) is 5.45. The lowest BCUT2D eigenvalue weighted by atomic mass is 10.2. The van der Waals surface area contributed by atoms with Gasteiger partial charge >= 0.3 is 0 Å². The normalized spacial score (nSPS) is 11.4. The summed E-state index contributed by atoms with van der Waals surface area (Å²) < 4.78 is 41.8. The molecule has 0 amide bonds. The Bertz CT molecular complexity index is 810. The number of benzene rings is 2. The van der Waals surface area contributed by atoms with Gasteiger partial charge in [-0.25, -0.2) is 12.8 Å². The Kier molecular flexibility index (Phi) is 4.60. The minimum Gasteiger partial charge on any atom is -0.398 e. The van der Waals surface area contributed by atoms with Crippen molar-refractivity contribution in [3.63, 3.8) is 0 Å². The van der Waals surface area contributed by atoms with Crippen LogP contribution in [-0.4, -0.2) is 8.42 Å². The lowest BCUT2D eigenvalue weighted by molar-refractivity contribution is 0.598. The molecule has 0 aromatic heterocycles. The SMILES string of the molecule is Cc1cc(Br)c(N)cc1S(=O)(=O)Nc1ccc(Br)cc1F. The summed E-state index contributed by atoms with van der Waals surface area (Å²) >= 11 is 6.34. The van der Waals surface area contributed by atoms with Crippen LogP contribution in [-0.2, 0) is 10.0 Å². The zero-order chi connectivity index (χ0) is 15.8. The molecule has 0 fully saturated rings. The molecule has 0 aliphatic carbocycles. The monoisotopic (exact) mass is 436 g/mol. The molecule has 0 aliphatic heterocycles. The molecule has 2 aromatic carbocycles. The summed E-state index contributed by atoms with van der Waals surface area (Å²) in [6.45, 7) is 1.64. The van der Waals surface area contributed by atoms with Gasteiger partial charge in [-0.05, 0) is 58.7 Å². The van der Waals surface area contributed by atoms with Gasteiger partial charge in [0.05, 0.1) is 10.6 Å². The summed E-state index contributed by atoms with van der Waals surface area (Å²) in [4.78, 5) is 0.00511. The second-order valence-corrected chi connectivity index (χ2v) is 7.79. The van der Waals surface area contributed by atoms with Gasteiger partial charge in [-0.3, -0.25) is 4.72 Å². The number of hydrogen-bond donors (Lipinski definition) is 2. The third-order valence-electron chi connectivity index (χ3n) is 2.76. The molecule has 0 bridgehead atoms. The average molecular weight is 438 g/mol. The van der Waals surface area contributed by atoms with Gasteiger partial charge in [-0.15, -0.1) is 0 Å². The Balaban J connectivity index is 2.46. The molecule has 2 aromatic rings. The number of hydrogen-bond acceptors (Lipinski definition) is 3. The first-order valence-electron chi connectivity index (χ1n) is 5.74. The Labute approximate surface area is 138 Å². The highest BCUT2D eigenvalue weighted by atomic mass is 79.9. The van der Waals surface area contributed by atoms with Crippen molar-refractivity contribution in [1.29, 1.82) is 0 Å². The van der Waals surface area contributed by atoms with Gasteiger partial charge in [0, 0.05) is 14.6 Å². The van der Waals surface area contributed by atoms with E-state index in [9.17, 15) is 12.8 Å². The first-order chi connectivity index (χ1) is 9.70. The predicted octanol–water partition coefficient (Wildman–Crippen LogP) is 4.04. The van der Waals surface area contributed by atoms with E-state index in [0.29, 0.717) is 14.5 Å². The molecule has 0 aliphatic rings. The number of sulfonamides is 1. The van der Waals surface area contributed by atoms with Crippen molar-refractivity contribution >= 4 is 53.3 Å². The van der Waals surface area contributed by atoms with Crippen LogP contribution in [0.4, 0.5) is 15.8 Å². The van der Waals surface area contributed by atoms with Gasteiger partial charge in [0.2, 0.25) is 0 Å². The second kappa shape index (κ2) is 5.94. The Morgan fingerprint density at radius 1 is 1.19 bits per heavy atom. The fourth-order valence-electron chi connectivity index (χ4n) is 1.73. The fraction of sp³-hybridized carbons (Fsp3) is 0.0769. The van der Waals surface area contributed by atoms with Crippen LogP contribution in [0, 0.1) is 12.7 Å². The van der Waals surface area contributed by atoms with Gasteiger partial charge in [0.25, 0.3) is 10.0 Å². The molecular weight excluding hydrogens is 427 g/mol. The van der Waals surface area contributed by atoms with Gasteiger partial charge in [-0.2, -0.15) is 0 Å². The van der Waals surface area contributed by atoms with Crippen molar-refractivity contribution in [3.8, 4) is 0 Å². The van der Waals surface area contributed by atoms with E-state index in [2.05, 4.69) is 36.6 Å². The number of nitrogens with one attached hydrogen (secondary N) is 1. The van der Waals surface area contributed by atoms with Gasteiger partial charge in [0.15, 0.2) is 0 Å². The number of nitrogens with two attached hydrogens (primary N) is 1. The molecule has 0 heterocycles. The van der Waals surface area contributed by atoms with E-state index in [1.807, 2.05) is 0 Å². The van der Waals surface area contributed by atoms with Crippen LogP contribution >= 0.6 is 31.9 Å². The molecule has 0 saturated carbocycles. The fourth-order valence-corrected chi connectivity index (χ4v) is 3.85. The maximum atomic E-state index is 13.8. The van der Waals surface area contributed by atoms with Crippen molar-refractivity contribution in [2.75, 3.05) is 10.5 Å². The highest BCUT2D eigenvalue weighted by Crippen LogP contribution is 2.29. The number of rotatable bonds is 3. The Hall–Kier alpha value is -1.12. The van der Waals surface area contributed by atoms with E-state index in [-0.39, 0.29) is 16.3 Å². The van der Waals surface area contributed by atoms with Gasteiger partial charge in [-0.1, -0.05) is 15.9 Å². The van der Waals surface area contributed by atoms with Gasteiger partial charge in [0.1, 0.15) is 5.82 Å². The zero-order valence-electron chi connectivity index (χ0n) is 10.8. The molecule has 112 valence electrons. The van der Waals surface area contributed by atoms with Crippen LogP contribution < -0.4 is 10.5 Å². The summed E-state index contributed by atoms with van der Waals surface area (Å²) in [5, 5.41) is 0. The van der Waals surface area contributed by atoms with Crippen LogP contribution in [0.1, 0.15) is 5.56 Å². The van der Waals surface area contributed by atoms with Crippen molar-refractivity contribution in [1.82, 2.24) is 0 Å². The minimum absolute atomic E-state index is 0.00511. The summed E-state index contributed by atoms with van der Waals surface area (Å²) in [6.07, 6.45) is 0. The molecule has 3 N–H and O–H groups in total. The number of aryl methyl sites for hydroxylation is 1. The molecule has 8 heteroatoms. The quantitative estimate of drug-likeness (QED) is 0.711. The first-order valence-corrected chi connectivity index (χ1v) is 8.81. The predicted molar refractivity (Wildman–Crippen MR) is 88.2 cm³/mol. The summed E-state index contributed by atoms with van der Waals surface area (Å²) in [7, 11) is -3.92. The van der Waals surface area contributed by atoms with Crippen molar-refractivity contribution in [2.45, 2.75) is 11.8 Å². The van der Waals surface area contributed by atoms with Crippen LogP contribution in [0.25, 0.3) is 0 Å². The standard InChI is InChI=1S/C13H11Br2FN2O2S/c1-7-4-9(15)11(17)6-13(7)21(19,20)18-12-3-2-8(14)5-10(12)16/h2-6,18H,17H2,1H3. The largest absolute Gasteiger partial charge is 0.398 e. The van der Waals surface area contributed by atoms with Crippen molar-refractivity contribution in [3.05, 3.63) is 50.7 Å². The lowest BCUT2D eigenvalue weighted by Crippen LogP contribution is -2.15. The van der Waals surface area contributed by atoms with E-state index in [1.165, 1.54) is 18.2 Å². The highest BCUT2D eigenvalue weighted by Gasteiger charge is 2.20. The summed E-state index contributed by atoms with van der Waals surface area (Å²) in [5.74, 6) is -0.671. The van der Waals surface area contributed by atoms with E-state index >= 15 is 0 Å². The third kappa shape index (κ3) is 3.56. The van der Waals surface area contributed by atoms with Gasteiger partial charge < -0.3 is 5.73 Å². The molecule has 0 unspecified atom stereocenters. The number of anilines is 2. The smallest absolute Gasteiger partial charge is 0.262 e. The average Bonchev–Trinajstić information content (AvgIpc) is 2.37. The van der Waals surface area contributed by atoms with Crippen LogP contribution in [0.15, 0.2) is 44.2 Å². The van der Waals surface area contributed by atoms with Crippen LogP contribution in [0.5, 0.6) is 0 Å². The lowest BCUT2D eigenvalue weighted by Gasteiger charge is -2.12.